The Morgan fingerprint density at radius 2 is 1.91 bits per heavy atom. The average Bonchev–Trinajstić information content (AvgIpc) is 2.77. The quantitative estimate of drug-likeness (QED) is 0.863. The number of rotatable bonds is 5. The molecule has 0 fully saturated rings. The van der Waals surface area contributed by atoms with Gasteiger partial charge in [0.15, 0.2) is 0 Å². The van der Waals surface area contributed by atoms with Crippen LogP contribution >= 0.6 is 0 Å². The third-order valence-corrected chi connectivity index (χ3v) is 4.15. The van der Waals surface area contributed by atoms with Crippen LogP contribution in [-0.4, -0.2) is 12.4 Å². The Labute approximate surface area is 129 Å². The molecule has 1 aliphatic rings. The summed E-state index contributed by atoms with van der Waals surface area (Å²) in [6.07, 6.45) is 0.650. The number of carbonyl (C=O) groups is 2. The molecule has 0 spiro atoms. The van der Waals surface area contributed by atoms with Gasteiger partial charge in [0.2, 0.25) is 5.91 Å². The second-order valence-electron chi connectivity index (χ2n) is 5.74. The number of benzene rings is 2. The SMILES string of the molecule is CC1(Cc2ccccc2)C(=O)Nc2cc(COC=O)ccc21. The van der Waals surface area contributed by atoms with Gasteiger partial charge in [-0.1, -0.05) is 42.5 Å². The monoisotopic (exact) mass is 295 g/mol. The number of hydrogen-bond donors (Lipinski definition) is 1. The predicted molar refractivity (Wildman–Crippen MR) is 83.4 cm³/mol. The molecule has 4 nitrogen and oxygen atoms in total. The maximum atomic E-state index is 12.5. The van der Waals surface area contributed by atoms with Crippen LogP contribution in [0.1, 0.15) is 23.6 Å². The Morgan fingerprint density at radius 1 is 1.14 bits per heavy atom. The molecule has 112 valence electrons. The van der Waals surface area contributed by atoms with Gasteiger partial charge in [0.05, 0.1) is 5.41 Å². The number of anilines is 1. The Bertz CT molecular complexity index is 712. The summed E-state index contributed by atoms with van der Waals surface area (Å²) in [5.41, 5.74) is 3.18. The average molecular weight is 295 g/mol. The van der Waals surface area contributed by atoms with Crippen LogP contribution in [-0.2, 0) is 32.8 Å². The molecular formula is C18H17NO3. The fourth-order valence-electron chi connectivity index (χ4n) is 2.96. The smallest absolute Gasteiger partial charge is 0.293 e. The summed E-state index contributed by atoms with van der Waals surface area (Å²) in [7, 11) is 0. The molecule has 1 unspecified atom stereocenters. The predicted octanol–water partition coefficient (Wildman–Crippen LogP) is 2.81. The summed E-state index contributed by atoms with van der Waals surface area (Å²) < 4.78 is 4.76. The number of amides is 1. The van der Waals surface area contributed by atoms with Crippen LogP contribution in [0.5, 0.6) is 0 Å². The summed E-state index contributed by atoms with van der Waals surface area (Å²) in [5, 5.41) is 2.94. The minimum Gasteiger partial charge on any atom is -0.463 e. The van der Waals surface area contributed by atoms with Crippen LogP contribution < -0.4 is 5.32 Å². The fraction of sp³-hybridized carbons (Fsp3) is 0.222. The highest BCUT2D eigenvalue weighted by Gasteiger charge is 2.42. The van der Waals surface area contributed by atoms with Crippen molar-refractivity contribution in [2.45, 2.75) is 25.4 Å². The van der Waals surface area contributed by atoms with Crippen molar-refractivity contribution >= 4 is 18.1 Å². The van der Waals surface area contributed by atoms with Crippen LogP contribution in [0.3, 0.4) is 0 Å². The van der Waals surface area contributed by atoms with Gasteiger partial charge in [-0.25, -0.2) is 0 Å². The minimum absolute atomic E-state index is 0.000177. The lowest BCUT2D eigenvalue weighted by Crippen LogP contribution is -2.33. The van der Waals surface area contributed by atoms with Gasteiger partial charge in [-0.3, -0.25) is 9.59 Å². The molecule has 1 amide bonds. The molecule has 2 aromatic rings. The van der Waals surface area contributed by atoms with Crippen molar-refractivity contribution in [3.63, 3.8) is 0 Å². The Balaban J connectivity index is 1.92. The van der Waals surface area contributed by atoms with Gasteiger partial charge in [-0.2, -0.15) is 0 Å². The second-order valence-corrected chi connectivity index (χ2v) is 5.74. The third kappa shape index (κ3) is 2.48. The molecule has 1 aliphatic heterocycles. The Morgan fingerprint density at radius 3 is 2.64 bits per heavy atom. The lowest BCUT2D eigenvalue weighted by molar-refractivity contribution is -0.129. The zero-order valence-corrected chi connectivity index (χ0v) is 12.3. The van der Waals surface area contributed by atoms with Crippen molar-refractivity contribution in [1.29, 1.82) is 0 Å². The van der Waals surface area contributed by atoms with Crippen molar-refractivity contribution in [2.75, 3.05) is 5.32 Å². The van der Waals surface area contributed by atoms with E-state index < -0.39 is 5.41 Å². The zero-order chi connectivity index (χ0) is 15.6. The van der Waals surface area contributed by atoms with Gasteiger partial charge in [0, 0.05) is 5.69 Å². The van der Waals surface area contributed by atoms with Crippen LogP contribution in [0.2, 0.25) is 0 Å². The van der Waals surface area contributed by atoms with E-state index in [-0.39, 0.29) is 12.5 Å². The van der Waals surface area contributed by atoms with E-state index in [9.17, 15) is 9.59 Å². The Hall–Kier alpha value is -2.62. The van der Waals surface area contributed by atoms with E-state index in [1.807, 2.05) is 55.5 Å². The van der Waals surface area contributed by atoms with E-state index in [4.69, 9.17) is 4.74 Å². The number of ether oxygens (including phenoxy) is 1. The number of hydrogen-bond acceptors (Lipinski definition) is 3. The van der Waals surface area contributed by atoms with E-state index in [0.29, 0.717) is 12.9 Å². The van der Waals surface area contributed by atoms with E-state index in [0.717, 1.165) is 22.4 Å². The molecule has 0 radical (unpaired) electrons. The molecule has 0 bridgehead atoms. The first-order chi connectivity index (χ1) is 10.6. The molecule has 3 rings (SSSR count). The maximum absolute atomic E-state index is 12.5. The van der Waals surface area contributed by atoms with Crippen molar-refractivity contribution in [2.24, 2.45) is 0 Å². The highest BCUT2D eigenvalue weighted by atomic mass is 16.5. The lowest BCUT2D eigenvalue weighted by Gasteiger charge is -2.22. The van der Waals surface area contributed by atoms with Crippen molar-refractivity contribution in [3.8, 4) is 0 Å². The van der Waals surface area contributed by atoms with Gasteiger partial charge in [-0.15, -0.1) is 0 Å². The largest absolute Gasteiger partial charge is 0.463 e. The van der Waals surface area contributed by atoms with Gasteiger partial charge < -0.3 is 10.1 Å². The van der Waals surface area contributed by atoms with Gasteiger partial charge >= 0.3 is 0 Å². The minimum atomic E-state index is -0.583. The molecule has 0 aliphatic carbocycles. The van der Waals surface area contributed by atoms with Crippen molar-refractivity contribution < 1.29 is 14.3 Å². The summed E-state index contributed by atoms with van der Waals surface area (Å²) in [5.74, 6) is -0.000177. The van der Waals surface area contributed by atoms with E-state index in [1.165, 1.54) is 0 Å². The molecule has 22 heavy (non-hydrogen) atoms. The van der Waals surface area contributed by atoms with Crippen LogP contribution in [0.25, 0.3) is 0 Å². The molecule has 1 atom stereocenters. The molecule has 0 saturated carbocycles. The number of fused-ring (bicyclic) bond motifs is 1. The lowest BCUT2D eigenvalue weighted by atomic mass is 9.78. The molecule has 0 aromatic heterocycles. The first kappa shape index (κ1) is 14.3. The highest BCUT2D eigenvalue weighted by Crippen LogP contribution is 2.40. The van der Waals surface area contributed by atoms with Gasteiger partial charge in [0.1, 0.15) is 6.61 Å². The van der Waals surface area contributed by atoms with Gasteiger partial charge in [-0.05, 0) is 36.1 Å². The molecular weight excluding hydrogens is 278 g/mol. The zero-order valence-electron chi connectivity index (χ0n) is 12.3. The second kappa shape index (κ2) is 5.64. The maximum Gasteiger partial charge on any atom is 0.293 e. The first-order valence-electron chi connectivity index (χ1n) is 7.17. The number of carbonyl (C=O) groups excluding carboxylic acids is 2. The first-order valence-corrected chi connectivity index (χ1v) is 7.17. The Kier molecular flexibility index (Phi) is 3.67. The fourth-order valence-corrected chi connectivity index (χ4v) is 2.96. The van der Waals surface area contributed by atoms with Crippen molar-refractivity contribution in [1.82, 2.24) is 0 Å². The van der Waals surface area contributed by atoms with Crippen LogP contribution in [0.4, 0.5) is 5.69 Å². The van der Waals surface area contributed by atoms with E-state index in [1.54, 1.807) is 0 Å². The summed E-state index contributed by atoms with van der Waals surface area (Å²) in [6, 6.07) is 15.7. The molecule has 1 heterocycles. The summed E-state index contributed by atoms with van der Waals surface area (Å²) in [4.78, 5) is 22.8. The molecule has 2 aromatic carbocycles. The van der Waals surface area contributed by atoms with Crippen molar-refractivity contribution in [3.05, 3.63) is 65.2 Å². The third-order valence-electron chi connectivity index (χ3n) is 4.15. The molecule has 0 saturated heterocycles. The summed E-state index contributed by atoms with van der Waals surface area (Å²) in [6.45, 7) is 2.59. The van der Waals surface area contributed by atoms with E-state index >= 15 is 0 Å². The normalized spacial score (nSPS) is 19.4. The van der Waals surface area contributed by atoms with Gasteiger partial charge in [0.25, 0.3) is 6.47 Å². The molecule has 1 N–H and O–H groups in total. The molecule has 4 heteroatoms. The van der Waals surface area contributed by atoms with Crippen LogP contribution in [0.15, 0.2) is 48.5 Å². The highest BCUT2D eigenvalue weighted by molar-refractivity contribution is 6.06. The summed E-state index contributed by atoms with van der Waals surface area (Å²) >= 11 is 0. The number of nitrogens with one attached hydrogen (secondary N) is 1. The van der Waals surface area contributed by atoms with Crippen LogP contribution in [0, 0.1) is 0 Å². The van der Waals surface area contributed by atoms with E-state index in [2.05, 4.69) is 5.32 Å². The topological polar surface area (TPSA) is 55.4 Å². The standard InChI is InChI=1S/C18H17NO3/c1-18(10-13-5-3-2-4-6-13)15-8-7-14(11-22-12-20)9-16(15)19-17(18)21/h2-9,12H,10-11H2,1H3,(H,19,21).